The van der Waals surface area contributed by atoms with E-state index < -0.39 is 43.9 Å². The molecule has 1 saturated heterocycles. The number of hydrogen-bond donors (Lipinski definition) is 4. The minimum atomic E-state index is -4.14. The number of hydrogen-bond acceptors (Lipinski definition) is 13. The number of aliphatic hydroxyl groups excluding tert-OH is 2. The molecule has 5 atom stereocenters. The largest absolute Gasteiger partial charge is 0.476 e. The van der Waals surface area contributed by atoms with Crippen LogP contribution in [0.15, 0.2) is 36.7 Å². The molecule has 3 heterocycles. The van der Waals surface area contributed by atoms with Gasteiger partial charge in [0.25, 0.3) is 0 Å². The monoisotopic (exact) mass is 700 g/mol. The van der Waals surface area contributed by atoms with Crippen molar-refractivity contribution in [3.8, 4) is 17.2 Å². The van der Waals surface area contributed by atoms with Crippen molar-refractivity contribution >= 4 is 53.3 Å². The number of alkyl halides is 1. The van der Waals surface area contributed by atoms with Gasteiger partial charge in [-0.3, -0.25) is 18.4 Å². The molecular weight excluding hydrogens is 666 g/mol. The zero-order valence-corrected chi connectivity index (χ0v) is 27.7. The number of nitrogens with zero attached hydrogens (tertiary/aromatic N) is 4. The van der Waals surface area contributed by atoms with Gasteiger partial charge in [0, 0.05) is 17.7 Å². The number of carbonyl (C=O) groups excluding carboxylic acids is 1. The molecule has 2 aromatic heterocycles. The number of aliphatic hydroxyl groups is 2. The number of halogens is 2. The molecule has 0 bridgehead atoms. The molecule has 1 fully saturated rings. The molecule has 4 rings (SSSR count). The number of anilines is 1. The molecule has 0 spiro atoms. The number of thioether (sulfide) groups is 1. The van der Waals surface area contributed by atoms with Crippen LogP contribution in [-0.2, 0) is 29.7 Å². The summed E-state index contributed by atoms with van der Waals surface area (Å²) in [6, 6.07) is 9.00. The lowest BCUT2D eigenvalue weighted by Crippen LogP contribution is -2.42. The molecule has 46 heavy (non-hydrogen) atoms. The summed E-state index contributed by atoms with van der Waals surface area (Å²) in [6.07, 6.45) is -3.81. The van der Waals surface area contributed by atoms with Crippen LogP contribution in [0.2, 0.25) is 0 Å². The van der Waals surface area contributed by atoms with Gasteiger partial charge in [-0.05, 0) is 43.9 Å². The van der Waals surface area contributed by atoms with Crippen LogP contribution >= 0.6 is 31.1 Å². The maximum atomic E-state index is 16.5. The maximum absolute atomic E-state index is 16.5. The molecule has 0 amide bonds. The van der Waals surface area contributed by atoms with Crippen LogP contribution in [0.1, 0.15) is 32.6 Å². The minimum absolute atomic E-state index is 0.0445. The predicted octanol–water partition coefficient (Wildman–Crippen LogP) is 3.18. The molecular formula is C28H35ClFN6O8PS. The second-order valence-corrected chi connectivity index (χ2v) is 13.8. The van der Waals surface area contributed by atoms with Gasteiger partial charge in [-0.25, -0.2) is 19.0 Å². The normalized spacial score (nSPS) is 22.7. The minimum Gasteiger partial charge on any atom is -0.476 e. The van der Waals surface area contributed by atoms with Crippen LogP contribution in [0.3, 0.4) is 0 Å². The number of fused-ring (bicyclic) bond motifs is 1. The Kier molecular flexibility index (Phi) is 12.0. The van der Waals surface area contributed by atoms with Crippen molar-refractivity contribution in [2.45, 2.75) is 51.4 Å². The van der Waals surface area contributed by atoms with Crippen LogP contribution in [0.4, 0.5) is 10.3 Å². The van der Waals surface area contributed by atoms with Crippen LogP contribution in [0, 0.1) is 16.7 Å². The quantitative estimate of drug-likeness (QED) is 0.103. The maximum Gasteiger partial charge on any atom is 0.405 e. The molecule has 1 aliphatic rings. The number of benzene rings is 1. The van der Waals surface area contributed by atoms with Gasteiger partial charge in [0.2, 0.25) is 17.5 Å². The first-order valence-electron chi connectivity index (χ1n) is 14.1. The summed E-state index contributed by atoms with van der Waals surface area (Å²) in [4.78, 5) is 24.7. The fourth-order valence-electron chi connectivity index (χ4n) is 4.31. The van der Waals surface area contributed by atoms with Gasteiger partial charge in [-0.2, -0.15) is 9.97 Å². The van der Waals surface area contributed by atoms with Gasteiger partial charge in [-0.15, -0.1) is 0 Å². The van der Waals surface area contributed by atoms with E-state index in [9.17, 15) is 19.6 Å². The Morgan fingerprint density at radius 3 is 2.74 bits per heavy atom. The molecule has 0 radical (unpaired) electrons. The van der Waals surface area contributed by atoms with Crippen molar-refractivity contribution in [1.29, 1.82) is 0 Å². The van der Waals surface area contributed by atoms with E-state index in [0.717, 1.165) is 17.3 Å². The molecule has 5 N–H and O–H groups in total. The number of imidazole rings is 1. The summed E-state index contributed by atoms with van der Waals surface area (Å²) in [5.41, 5.74) is 3.06. The third kappa shape index (κ3) is 8.17. The van der Waals surface area contributed by atoms with Gasteiger partial charge in [-0.1, -0.05) is 42.1 Å². The highest BCUT2D eigenvalue weighted by molar-refractivity contribution is 8.13. The number of nitrogens with one attached hydrogen (secondary N) is 1. The summed E-state index contributed by atoms with van der Waals surface area (Å²) >= 11 is 6.51. The lowest BCUT2D eigenvalue weighted by atomic mass is 9.97. The SMILES string of the molecule is CCOc1nc(N)nc2c1ncn2[C@@H]1O[C@H](COP(=O)(NCc2ccccc2)OCCSC(=O)C(C)(C)CO)[C@@H](O)[C@]1(F)C#CCl. The first kappa shape index (κ1) is 36.0. The van der Waals surface area contributed by atoms with Crippen molar-refractivity contribution in [3.05, 3.63) is 42.2 Å². The highest BCUT2D eigenvalue weighted by atomic mass is 35.5. The smallest absolute Gasteiger partial charge is 0.405 e. The van der Waals surface area contributed by atoms with E-state index in [1.54, 1.807) is 45.0 Å². The van der Waals surface area contributed by atoms with E-state index in [1.807, 2.05) is 11.4 Å². The Labute approximate surface area is 274 Å². The summed E-state index contributed by atoms with van der Waals surface area (Å²) in [7, 11) is -4.14. The third-order valence-electron chi connectivity index (χ3n) is 6.88. The van der Waals surface area contributed by atoms with Crippen molar-refractivity contribution in [2.75, 3.05) is 37.9 Å². The highest BCUT2D eigenvalue weighted by Crippen LogP contribution is 2.48. The molecule has 1 aliphatic heterocycles. The summed E-state index contributed by atoms with van der Waals surface area (Å²) in [6.45, 7) is 4.14. The van der Waals surface area contributed by atoms with Crippen LogP contribution in [-0.4, -0.2) is 84.9 Å². The second kappa shape index (κ2) is 15.4. The number of nitrogens with two attached hydrogens (primary N) is 1. The Hall–Kier alpha value is -2.84. The average molecular weight is 701 g/mol. The van der Waals surface area contributed by atoms with Crippen molar-refractivity contribution in [3.63, 3.8) is 0 Å². The molecule has 0 aliphatic carbocycles. The van der Waals surface area contributed by atoms with E-state index in [-0.39, 0.29) is 60.2 Å². The number of rotatable bonds is 15. The Bertz CT molecular complexity index is 1630. The fourth-order valence-corrected chi connectivity index (χ4v) is 6.70. The number of ether oxygens (including phenoxy) is 2. The van der Waals surface area contributed by atoms with Gasteiger partial charge in [0.1, 0.15) is 12.2 Å². The Morgan fingerprint density at radius 1 is 1.33 bits per heavy atom. The standard InChI is InChI=1S/C28H35ClFN6O8PS/c1-4-41-23-20-22(34-26(31)35-23)36(17-32-20)24-28(30,10-11-29)21(38)19(44-24)15-43-45(40,33-14-18-8-6-5-7-9-18)42-12-13-46-25(39)27(2,3)16-37/h5-9,17,19,21,24,37-38H,4,12-16H2,1-3H3,(H,33,40)(H2,31,34,35)/t19-,21-,24-,28-,45?/m1/s1. The number of carbonyl (C=O) groups is 1. The van der Waals surface area contributed by atoms with Gasteiger partial charge >= 0.3 is 7.75 Å². The number of aromatic nitrogens is 4. The molecule has 18 heteroatoms. The van der Waals surface area contributed by atoms with Crippen molar-refractivity contribution in [1.82, 2.24) is 24.6 Å². The zero-order valence-electron chi connectivity index (χ0n) is 25.3. The first-order valence-corrected chi connectivity index (χ1v) is 17.0. The molecule has 250 valence electrons. The first-order chi connectivity index (χ1) is 21.9. The molecule has 1 aromatic carbocycles. The van der Waals surface area contributed by atoms with E-state index in [4.69, 9.17) is 35.9 Å². The van der Waals surface area contributed by atoms with E-state index >= 15 is 4.39 Å². The lowest BCUT2D eigenvalue weighted by Gasteiger charge is -2.24. The van der Waals surface area contributed by atoms with Crippen molar-refractivity contribution < 1.29 is 42.5 Å². The highest BCUT2D eigenvalue weighted by Gasteiger charge is 2.58. The van der Waals surface area contributed by atoms with Gasteiger partial charge < -0.3 is 25.4 Å². The van der Waals surface area contributed by atoms with Crippen LogP contribution < -0.4 is 15.6 Å². The van der Waals surface area contributed by atoms with Gasteiger partial charge in [0.15, 0.2) is 22.5 Å². The van der Waals surface area contributed by atoms with E-state index in [2.05, 4.69) is 26.0 Å². The van der Waals surface area contributed by atoms with Crippen molar-refractivity contribution in [2.24, 2.45) is 5.41 Å². The molecule has 0 saturated carbocycles. The number of nitrogen functional groups attached to an aromatic ring is 1. The van der Waals surface area contributed by atoms with E-state index in [1.165, 1.54) is 10.9 Å². The average Bonchev–Trinajstić information content (AvgIpc) is 3.56. The summed E-state index contributed by atoms with van der Waals surface area (Å²) in [5.74, 6) is 2.16. The molecule has 14 nitrogen and oxygen atoms in total. The molecule has 1 unspecified atom stereocenters. The molecule has 3 aromatic rings. The Balaban J connectivity index is 1.53. The third-order valence-corrected chi connectivity index (χ3v) is 9.72. The summed E-state index contributed by atoms with van der Waals surface area (Å²) in [5, 5.41) is 25.0. The zero-order chi connectivity index (χ0) is 33.5. The second-order valence-electron chi connectivity index (χ2n) is 10.7. The topological polar surface area (TPSA) is 193 Å². The van der Waals surface area contributed by atoms with Crippen LogP contribution in [0.5, 0.6) is 5.88 Å². The fraction of sp³-hybridized carbons (Fsp3) is 0.500. The van der Waals surface area contributed by atoms with E-state index in [0.29, 0.717) is 0 Å². The van der Waals surface area contributed by atoms with Gasteiger partial charge in [0.05, 0.1) is 38.2 Å². The Morgan fingerprint density at radius 2 is 2.07 bits per heavy atom. The predicted molar refractivity (Wildman–Crippen MR) is 169 cm³/mol. The van der Waals surface area contributed by atoms with Crippen LogP contribution in [0.25, 0.3) is 11.2 Å². The summed E-state index contributed by atoms with van der Waals surface area (Å²) < 4.78 is 54.1. The lowest BCUT2D eigenvalue weighted by molar-refractivity contribution is -0.119.